The number of amides is 1. The third kappa shape index (κ3) is 5.52. The molecule has 0 spiro atoms. The minimum atomic E-state index is -0.694. The number of pyridine rings is 1. The zero-order valence-electron chi connectivity index (χ0n) is 24.6. The number of rotatable bonds is 7. The highest BCUT2D eigenvalue weighted by Gasteiger charge is 2.45. The second-order valence-electron chi connectivity index (χ2n) is 11.7. The number of carbonyl (C=O) groups excluding carboxylic acids is 1. The molecule has 6 rings (SSSR count). The lowest BCUT2D eigenvalue weighted by atomic mass is 10.0. The van der Waals surface area contributed by atoms with Crippen molar-refractivity contribution in [1.82, 2.24) is 34.7 Å². The van der Waals surface area contributed by atoms with Crippen LogP contribution in [0.15, 0.2) is 30.5 Å². The van der Waals surface area contributed by atoms with Gasteiger partial charge in [0.05, 0.1) is 29.0 Å². The van der Waals surface area contributed by atoms with Crippen LogP contribution in [-0.2, 0) is 0 Å². The van der Waals surface area contributed by atoms with Gasteiger partial charge in [-0.2, -0.15) is 5.26 Å². The molecule has 1 aromatic carbocycles. The largest absolute Gasteiger partial charge is 0.338 e. The summed E-state index contributed by atoms with van der Waals surface area (Å²) in [6.07, 6.45) is 4.39. The molecule has 0 unspecified atom stereocenters. The molecule has 4 heterocycles. The molecule has 1 amide bonds. The van der Waals surface area contributed by atoms with Gasteiger partial charge in [-0.1, -0.05) is 0 Å². The number of nitriles is 1. The van der Waals surface area contributed by atoms with Gasteiger partial charge in [-0.05, 0) is 77.6 Å². The van der Waals surface area contributed by atoms with E-state index in [9.17, 15) is 14.4 Å². The average Bonchev–Trinajstić information content (AvgIpc) is 3.66. The predicted molar refractivity (Wildman–Crippen MR) is 158 cm³/mol. The van der Waals surface area contributed by atoms with E-state index < -0.39 is 11.6 Å². The van der Waals surface area contributed by atoms with Crippen molar-refractivity contribution in [1.29, 1.82) is 5.26 Å². The molecule has 1 aliphatic carbocycles. The van der Waals surface area contributed by atoms with Crippen LogP contribution in [0.3, 0.4) is 0 Å². The molecule has 2 N–H and O–H groups in total. The van der Waals surface area contributed by atoms with Gasteiger partial charge in [-0.3, -0.25) is 10.1 Å². The van der Waals surface area contributed by atoms with Crippen LogP contribution in [-0.4, -0.2) is 60.0 Å². The second kappa shape index (κ2) is 11.0. The first kappa shape index (κ1) is 28.6. The fourth-order valence-corrected chi connectivity index (χ4v) is 5.86. The number of fused-ring (bicyclic) bond motifs is 1. The average molecular weight is 586 g/mol. The predicted octanol–water partition coefficient (Wildman–Crippen LogP) is 5.36. The normalized spacial score (nSPS) is 16.5. The van der Waals surface area contributed by atoms with Crippen LogP contribution in [0, 0.1) is 36.8 Å². The number of nitrogens with one attached hydrogen (secondary N) is 2. The Kier molecular flexibility index (Phi) is 7.30. The molecule has 1 aliphatic heterocycles. The van der Waals surface area contributed by atoms with E-state index in [0.717, 1.165) is 31.9 Å². The number of hydrogen-bond donors (Lipinski definition) is 2. The van der Waals surface area contributed by atoms with Crippen molar-refractivity contribution in [3.8, 4) is 17.3 Å². The van der Waals surface area contributed by atoms with Crippen molar-refractivity contribution in [2.24, 2.45) is 0 Å². The minimum absolute atomic E-state index is 0.0319. The molecule has 1 saturated carbocycles. The van der Waals surface area contributed by atoms with Crippen LogP contribution in [0.4, 0.5) is 20.5 Å². The molecule has 3 aromatic heterocycles. The number of benzene rings is 1. The van der Waals surface area contributed by atoms with E-state index >= 15 is 4.39 Å². The second-order valence-corrected chi connectivity index (χ2v) is 11.7. The Balaban J connectivity index is 1.18. The number of imidazole rings is 1. The molecule has 2 aliphatic rings. The van der Waals surface area contributed by atoms with E-state index in [-0.39, 0.29) is 46.3 Å². The number of nitrogens with zero attached hydrogens (tertiary/aromatic N) is 7. The number of piperidine rings is 1. The summed E-state index contributed by atoms with van der Waals surface area (Å²) in [7, 11) is 0. The zero-order chi connectivity index (χ0) is 30.5. The highest BCUT2D eigenvalue weighted by atomic mass is 19.1. The number of carbonyl (C=O) groups is 1. The highest BCUT2D eigenvalue weighted by molar-refractivity contribution is 5.95. The standard InChI is InChI=1S/C31H33F2N9O/c1-17(2)42-19(4)37-28-23(32)13-20(14-25(28)42)27-24(33)15-35-30(39-27)38-26-6-5-22(18(3)36-26)29(43)41-11-7-21(8-12-41)40-31(16-34)9-10-31/h5-6,13-15,17,21,40H,7-12H2,1-4H3,(H,35,36,38,39). The fraction of sp³-hybridized carbons (Fsp3) is 0.419. The van der Waals surface area contributed by atoms with Crippen LogP contribution in [0.2, 0.25) is 0 Å². The third-order valence-corrected chi connectivity index (χ3v) is 8.24. The number of aryl methyl sites for hydroxylation is 2. The van der Waals surface area contributed by atoms with Gasteiger partial charge >= 0.3 is 0 Å². The van der Waals surface area contributed by atoms with Crippen molar-refractivity contribution in [3.05, 3.63) is 59.2 Å². The lowest BCUT2D eigenvalue weighted by Crippen LogP contribution is -2.48. The first-order valence-electron chi connectivity index (χ1n) is 14.5. The summed E-state index contributed by atoms with van der Waals surface area (Å²) in [6.45, 7) is 8.72. The molecule has 12 heteroatoms. The van der Waals surface area contributed by atoms with Crippen LogP contribution in [0.5, 0.6) is 0 Å². The molecule has 1 saturated heterocycles. The van der Waals surface area contributed by atoms with Crippen molar-refractivity contribution >= 4 is 28.7 Å². The Morgan fingerprint density at radius 3 is 2.49 bits per heavy atom. The number of likely N-dealkylation sites (tertiary alicyclic amines) is 1. The highest BCUT2D eigenvalue weighted by Crippen LogP contribution is 2.36. The summed E-state index contributed by atoms with van der Waals surface area (Å²) in [4.78, 5) is 32.3. The smallest absolute Gasteiger partial charge is 0.255 e. The van der Waals surface area contributed by atoms with Crippen molar-refractivity contribution < 1.29 is 13.6 Å². The van der Waals surface area contributed by atoms with Crippen LogP contribution >= 0.6 is 0 Å². The maximum Gasteiger partial charge on any atom is 0.255 e. The van der Waals surface area contributed by atoms with Gasteiger partial charge in [-0.15, -0.1) is 0 Å². The SMILES string of the molecule is Cc1nc(Nc2ncc(F)c(-c3cc(F)c4nc(C)n(C(C)C)c4c3)n2)ccc1C(=O)N1CCC(NC2(C#N)CC2)CC1. The Hall–Kier alpha value is -4.50. The number of hydrogen-bond acceptors (Lipinski definition) is 8. The van der Waals surface area contributed by atoms with Gasteiger partial charge in [-0.25, -0.2) is 28.7 Å². The molecule has 4 aromatic rings. The summed E-state index contributed by atoms with van der Waals surface area (Å²) in [5.74, 6) is -0.216. The number of aromatic nitrogens is 5. The van der Waals surface area contributed by atoms with Gasteiger partial charge in [0.25, 0.3) is 5.91 Å². The molecule has 10 nitrogen and oxygen atoms in total. The first-order chi connectivity index (χ1) is 20.6. The monoisotopic (exact) mass is 585 g/mol. The van der Waals surface area contributed by atoms with E-state index in [2.05, 4.69) is 36.6 Å². The summed E-state index contributed by atoms with van der Waals surface area (Å²) in [5.41, 5.74) is 1.65. The molecular weight excluding hydrogens is 552 g/mol. The Morgan fingerprint density at radius 2 is 1.84 bits per heavy atom. The van der Waals surface area contributed by atoms with Crippen LogP contribution < -0.4 is 10.6 Å². The summed E-state index contributed by atoms with van der Waals surface area (Å²) in [5, 5.41) is 15.8. The van der Waals surface area contributed by atoms with Gasteiger partial charge in [0, 0.05) is 30.7 Å². The van der Waals surface area contributed by atoms with E-state index in [0.29, 0.717) is 41.5 Å². The van der Waals surface area contributed by atoms with Crippen LogP contribution in [0.1, 0.15) is 67.4 Å². The number of anilines is 2. The lowest BCUT2D eigenvalue weighted by Gasteiger charge is -2.33. The molecule has 2 fully saturated rings. The van der Waals surface area contributed by atoms with E-state index in [1.54, 1.807) is 32.0 Å². The van der Waals surface area contributed by atoms with Gasteiger partial charge < -0.3 is 14.8 Å². The molecule has 222 valence electrons. The quantitative estimate of drug-likeness (QED) is 0.297. The molecule has 0 radical (unpaired) electrons. The van der Waals surface area contributed by atoms with Gasteiger partial charge in [0.2, 0.25) is 5.95 Å². The van der Waals surface area contributed by atoms with Crippen LogP contribution in [0.25, 0.3) is 22.3 Å². The van der Waals surface area contributed by atoms with Crippen molar-refractivity contribution in [2.75, 3.05) is 18.4 Å². The van der Waals surface area contributed by atoms with E-state index in [1.165, 1.54) is 6.07 Å². The Morgan fingerprint density at radius 1 is 1.09 bits per heavy atom. The van der Waals surface area contributed by atoms with Crippen molar-refractivity contribution in [2.45, 2.75) is 71.0 Å². The van der Waals surface area contributed by atoms with Crippen molar-refractivity contribution in [3.63, 3.8) is 0 Å². The maximum atomic E-state index is 15.0. The summed E-state index contributed by atoms with van der Waals surface area (Å²) in [6, 6.07) is 8.90. The lowest BCUT2D eigenvalue weighted by molar-refractivity contribution is 0.0701. The van der Waals surface area contributed by atoms with E-state index in [1.807, 2.05) is 23.3 Å². The van der Waals surface area contributed by atoms with Gasteiger partial charge in [0.15, 0.2) is 11.6 Å². The maximum absolute atomic E-state index is 15.0. The zero-order valence-corrected chi connectivity index (χ0v) is 24.6. The topological polar surface area (TPSA) is 125 Å². The Labute approximate surface area is 248 Å². The first-order valence-corrected chi connectivity index (χ1v) is 14.5. The molecule has 0 atom stereocenters. The molecular formula is C31H33F2N9O. The summed E-state index contributed by atoms with van der Waals surface area (Å²) >= 11 is 0. The molecule has 43 heavy (non-hydrogen) atoms. The minimum Gasteiger partial charge on any atom is -0.338 e. The van der Waals surface area contributed by atoms with E-state index in [4.69, 9.17) is 0 Å². The van der Waals surface area contributed by atoms with Gasteiger partial charge in [0.1, 0.15) is 28.4 Å². The summed E-state index contributed by atoms with van der Waals surface area (Å²) < 4.78 is 31.9. The number of halogens is 2. The Bertz CT molecular complexity index is 1770. The third-order valence-electron chi connectivity index (χ3n) is 8.24. The fourth-order valence-electron chi connectivity index (χ4n) is 5.86. The molecule has 0 bridgehead atoms.